The minimum Gasteiger partial charge on any atom is -0.458 e. The summed E-state index contributed by atoms with van der Waals surface area (Å²) in [6.07, 6.45) is 0.645. The maximum absolute atomic E-state index is 11.6. The lowest BCUT2D eigenvalue weighted by Crippen LogP contribution is -2.27. The molecule has 2 N–H and O–H groups in total. The van der Waals surface area contributed by atoms with Crippen LogP contribution in [0.25, 0.3) is 0 Å². The Bertz CT molecular complexity index is 319. The van der Waals surface area contributed by atoms with E-state index >= 15 is 0 Å². The summed E-state index contributed by atoms with van der Waals surface area (Å²) in [5.41, 5.74) is 5.76. The zero-order valence-electron chi connectivity index (χ0n) is 8.22. The molecule has 15 heavy (non-hydrogen) atoms. The number of hydrogen-bond donors (Lipinski definition) is 1. The fraction of sp³-hybridized carbons (Fsp3) is 0.500. The highest BCUT2D eigenvalue weighted by atomic mass is 32.1. The van der Waals surface area contributed by atoms with Crippen LogP contribution in [-0.4, -0.2) is 25.3 Å². The molecule has 1 saturated heterocycles. The molecule has 5 heteroatoms. The first-order valence-electron chi connectivity index (χ1n) is 4.84. The van der Waals surface area contributed by atoms with Crippen molar-refractivity contribution in [2.24, 2.45) is 5.73 Å². The Morgan fingerprint density at radius 2 is 2.60 bits per heavy atom. The molecule has 0 bridgehead atoms. The van der Waals surface area contributed by atoms with Crippen molar-refractivity contribution in [2.75, 3.05) is 13.2 Å². The number of thiophene rings is 1. The van der Waals surface area contributed by atoms with Gasteiger partial charge < -0.3 is 15.2 Å². The van der Waals surface area contributed by atoms with Crippen LogP contribution >= 0.6 is 11.3 Å². The van der Waals surface area contributed by atoms with Crippen LogP contribution in [-0.2, 0) is 14.3 Å². The van der Waals surface area contributed by atoms with Crippen molar-refractivity contribution in [3.63, 3.8) is 0 Å². The molecule has 1 aromatic rings. The number of carbonyl (C=O) groups excluding carboxylic acids is 1. The van der Waals surface area contributed by atoms with Crippen LogP contribution in [0.15, 0.2) is 17.5 Å². The lowest BCUT2D eigenvalue weighted by atomic mass is 10.2. The standard InChI is InChI=1S/C10H13NO3S/c11-9(8-2-1-5-15-8)10(12)14-7-3-4-13-6-7/h1-2,5,7,9H,3-4,6,11H2. The highest BCUT2D eigenvalue weighted by Crippen LogP contribution is 2.19. The molecule has 0 radical (unpaired) electrons. The highest BCUT2D eigenvalue weighted by molar-refractivity contribution is 7.10. The second kappa shape index (κ2) is 4.74. The summed E-state index contributed by atoms with van der Waals surface area (Å²) in [4.78, 5) is 12.4. The molecule has 2 heterocycles. The van der Waals surface area contributed by atoms with Crippen molar-refractivity contribution >= 4 is 17.3 Å². The van der Waals surface area contributed by atoms with Crippen LogP contribution in [0.5, 0.6) is 0 Å². The lowest BCUT2D eigenvalue weighted by Gasteiger charge is -2.13. The van der Waals surface area contributed by atoms with E-state index in [1.165, 1.54) is 11.3 Å². The van der Waals surface area contributed by atoms with E-state index in [0.29, 0.717) is 13.2 Å². The van der Waals surface area contributed by atoms with E-state index in [0.717, 1.165) is 11.3 Å². The largest absolute Gasteiger partial charge is 0.458 e. The third-order valence-corrected chi connectivity index (χ3v) is 3.23. The summed E-state index contributed by atoms with van der Waals surface area (Å²) in [5.74, 6) is -0.368. The zero-order valence-corrected chi connectivity index (χ0v) is 9.03. The monoisotopic (exact) mass is 227 g/mol. The molecule has 2 rings (SSSR count). The second-order valence-corrected chi connectivity index (χ2v) is 4.39. The van der Waals surface area contributed by atoms with Crippen molar-refractivity contribution in [1.29, 1.82) is 0 Å². The molecule has 0 spiro atoms. The van der Waals surface area contributed by atoms with E-state index in [1.807, 2.05) is 17.5 Å². The zero-order chi connectivity index (χ0) is 10.7. The van der Waals surface area contributed by atoms with Gasteiger partial charge in [-0.25, -0.2) is 4.79 Å². The number of carbonyl (C=O) groups is 1. The molecule has 4 nitrogen and oxygen atoms in total. The molecule has 0 saturated carbocycles. The summed E-state index contributed by atoms with van der Waals surface area (Å²) in [6, 6.07) is 3.04. The number of hydrogen-bond acceptors (Lipinski definition) is 5. The summed E-state index contributed by atoms with van der Waals surface area (Å²) >= 11 is 1.46. The molecule has 1 aromatic heterocycles. The SMILES string of the molecule is NC(C(=O)OC1CCOC1)c1cccs1. The minimum absolute atomic E-state index is 0.122. The van der Waals surface area contributed by atoms with E-state index in [2.05, 4.69) is 0 Å². The van der Waals surface area contributed by atoms with Gasteiger partial charge in [0.05, 0.1) is 13.2 Å². The van der Waals surface area contributed by atoms with Crippen molar-refractivity contribution in [3.8, 4) is 0 Å². The Morgan fingerprint density at radius 3 is 3.20 bits per heavy atom. The Labute approximate surface area is 92.0 Å². The van der Waals surface area contributed by atoms with Gasteiger partial charge in [-0.1, -0.05) is 6.07 Å². The average Bonchev–Trinajstić information content (AvgIpc) is 2.88. The van der Waals surface area contributed by atoms with Gasteiger partial charge in [-0.05, 0) is 11.4 Å². The fourth-order valence-corrected chi connectivity index (χ4v) is 2.14. The van der Waals surface area contributed by atoms with Crippen molar-refractivity contribution in [3.05, 3.63) is 22.4 Å². The van der Waals surface area contributed by atoms with Gasteiger partial charge in [0.1, 0.15) is 12.1 Å². The Balaban J connectivity index is 1.90. The maximum atomic E-state index is 11.6. The van der Waals surface area contributed by atoms with Crippen LogP contribution < -0.4 is 5.73 Å². The van der Waals surface area contributed by atoms with Crippen LogP contribution in [0, 0.1) is 0 Å². The molecule has 1 aliphatic rings. The second-order valence-electron chi connectivity index (χ2n) is 3.42. The van der Waals surface area contributed by atoms with E-state index in [4.69, 9.17) is 15.2 Å². The van der Waals surface area contributed by atoms with Gasteiger partial charge in [0, 0.05) is 11.3 Å². The molecule has 0 aromatic carbocycles. The van der Waals surface area contributed by atoms with Crippen LogP contribution in [0.2, 0.25) is 0 Å². The first-order chi connectivity index (χ1) is 7.27. The average molecular weight is 227 g/mol. The highest BCUT2D eigenvalue weighted by Gasteiger charge is 2.24. The number of nitrogens with two attached hydrogens (primary N) is 1. The first-order valence-corrected chi connectivity index (χ1v) is 5.72. The van der Waals surface area contributed by atoms with Gasteiger partial charge in [0.25, 0.3) is 0 Å². The van der Waals surface area contributed by atoms with Gasteiger partial charge in [-0.3, -0.25) is 0 Å². The first kappa shape index (κ1) is 10.6. The molecule has 2 atom stereocenters. The van der Waals surface area contributed by atoms with E-state index < -0.39 is 6.04 Å². The summed E-state index contributed by atoms with van der Waals surface area (Å²) < 4.78 is 10.3. The van der Waals surface area contributed by atoms with Crippen molar-refractivity contribution in [2.45, 2.75) is 18.6 Å². The number of rotatable bonds is 3. The third kappa shape index (κ3) is 2.56. The van der Waals surface area contributed by atoms with Gasteiger partial charge in [-0.2, -0.15) is 0 Å². The van der Waals surface area contributed by atoms with Gasteiger partial charge in [0.15, 0.2) is 0 Å². The molecule has 0 amide bonds. The van der Waals surface area contributed by atoms with Gasteiger partial charge >= 0.3 is 5.97 Å². The molecule has 82 valence electrons. The molecule has 2 unspecified atom stereocenters. The number of ether oxygens (including phenoxy) is 2. The van der Waals surface area contributed by atoms with Crippen molar-refractivity contribution < 1.29 is 14.3 Å². The molecule has 1 aliphatic heterocycles. The molecule has 1 fully saturated rings. The van der Waals surface area contributed by atoms with Gasteiger partial charge in [0.2, 0.25) is 0 Å². The van der Waals surface area contributed by atoms with Crippen LogP contribution in [0.4, 0.5) is 0 Å². The third-order valence-electron chi connectivity index (χ3n) is 2.27. The maximum Gasteiger partial charge on any atom is 0.328 e. The van der Waals surface area contributed by atoms with E-state index in [9.17, 15) is 4.79 Å². The quantitative estimate of drug-likeness (QED) is 0.785. The lowest BCUT2D eigenvalue weighted by molar-refractivity contribution is -0.150. The summed E-state index contributed by atoms with van der Waals surface area (Å²) in [6.45, 7) is 1.15. The van der Waals surface area contributed by atoms with Gasteiger partial charge in [-0.15, -0.1) is 11.3 Å². The smallest absolute Gasteiger partial charge is 0.328 e. The van der Waals surface area contributed by atoms with E-state index in [-0.39, 0.29) is 12.1 Å². The molecular weight excluding hydrogens is 214 g/mol. The fourth-order valence-electron chi connectivity index (χ4n) is 1.43. The van der Waals surface area contributed by atoms with Crippen LogP contribution in [0.3, 0.4) is 0 Å². The van der Waals surface area contributed by atoms with E-state index in [1.54, 1.807) is 0 Å². The van der Waals surface area contributed by atoms with Crippen LogP contribution in [0.1, 0.15) is 17.3 Å². The Morgan fingerprint density at radius 1 is 1.73 bits per heavy atom. The predicted octanol–water partition coefficient (Wildman–Crippen LogP) is 1.08. The minimum atomic E-state index is -0.661. The summed E-state index contributed by atoms with van der Waals surface area (Å²) in [7, 11) is 0. The summed E-state index contributed by atoms with van der Waals surface area (Å²) in [5, 5.41) is 1.89. The molecule has 0 aliphatic carbocycles. The topological polar surface area (TPSA) is 61.6 Å². The van der Waals surface area contributed by atoms with Crippen molar-refractivity contribution in [1.82, 2.24) is 0 Å². The predicted molar refractivity (Wildman–Crippen MR) is 56.6 cm³/mol. The Kier molecular flexibility index (Phi) is 3.35. The molecular formula is C10H13NO3S. The Hall–Kier alpha value is -0.910. The normalized spacial score (nSPS) is 22.6. The number of esters is 1.